The molecular formula is C8H10N2O4. The lowest BCUT2D eigenvalue weighted by atomic mass is 10.1. The van der Waals surface area contributed by atoms with Gasteiger partial charge in [0, 0.05) is 11.8 Å². The number of hydrogen-bond acceptors (Lipinski definition) is 5. The Bertz CT molecular complexity index is 325. The number of aliphatic carboxylic acids is 1. The van der Waals surface area contributed by atoms with Crippen molar-refractivity contribution in [2.45, 2.75) is 12.2 Å². The minimum atomic E-state index is -1.86. The molecule has 0 aliphatic rings. The monoisotopic (exact) mass is 198 g/mol. The molecule has 2 atom stereocenters. The summed E-state index contributed by atoms with van der Waals surface area (Å²) in [5.74, 6) is -1.24. The smallest absolute Gasteiger partial charge is 0.335 e. The van der Waals surface area contributed by atoms with Crippen LogP contribution in [0.2, 0.25) is 0 Å². The Labute approximate surface area is 79.6 Å². The van der Waals surface area contributed by atoms with Crippen LogP contribution in [0.1, 0.15) is 11.7 Å². The molecule has 0 radical (unpaired) electrons. The third-order valence-electron chi connectivity index (χ3n) is 1.70. The molecule has 6 heteroatoms. The number of anilines is 1. The molecule has 5 N–H and O–H groups in total. The van der Waals surface area contributed by atoms with Gasteiger partial charge in [0.05, 0.1) is 0 Å². The summed E-state index contributed by atoms with van der Waals surface area (Å²) in [7, 11) is 0. The highest BCUT2D eigenvalue weighted by molar-refractivity contribution is 5.73. The van der Waals surface area contributed by atoms with Crippen molar-refractivity contribution in [3.8, 4) is 0 Å². The second-order valence-corrected chi connectivity index (χ2v) is 2.74. The van der Waals surface area contributed by atoms with Crippen LogP contribution < -0.4 is 5.73 Å². The number of nitrogen functional groups attached to an aromatic ring is 1. The Morgan fingerprint density at radius 1 is 1.43 bits per heavy atom. The van der Waals surface area contributed by atoms with Crippen molar-refractivity contribution in [2.75, 3.05) is 5.73 Å². The zero-order chi connectivity index (χ0) is 10.7. The van der Waals surface area contributed by atoms with E-state index in [1.807, 2.05) is 0 Å². The number of aliphatic hydroxyl groups is 2. The fourth-order valence-electron chi connectivity index (χ4n) is 0.909. The minimum Gasteiger partial charge on any atom is -0.479 e. The first-order valence-electron chi connectivity index (χ1n) is 3.82. The Morgan fingerprint density at radius 3 is 2.50 bits per heavy atom. The SMILES string of the molecule is Nc1ccc(C(O)C(O)C(=O)O)cn1. The van der Waals surface area contributed by atoms with E-state index in [2.05, 4.69) is 4.98 Å². The Kier molecular flexibility index (Phi) is 3.00. The first-order valence-corrected chi connectivity index (χ1v) is 3.82. The third kappa shape index (κ3) is 2.18. The zero-order valence-electron chi connectivity index (χ0n) is 7.16. The molecular weight excluding hydrogens is 188 g/mol. The van der Waals surface area contributed by atoms with E-state index >= 15 is 0 Å². The first kappa shape index (κ1) is 10.4. The molecule has 0 spiro atoms. The van der Waals surface area contributed by atoms with Crippen LogP contribution in [-0.4, -0.2) is 32.4 Å². The summed E-state index contributed by atoms with van der Waals surface area (Å²) in [6.45, 7) is 0. The molecule has 2 unspecified atom stereocenters. The summed E-state index contributed by atoms with van der Waals surface area (Å²) in [4.78, 5) is 14.0. The van der Waals surface area contributed by atoms with Gasteiger partial charge in [0.2, 0.25) is 0 Å². The lowest BCUT2D eigenvalue weighted by molar-refractivity contribution is -0.153. The Morgan fingerprint density at radius 2 is 2.07 bits per heavy atom. The number of carboxylic acid groups (broad SMARTS) is 1. The number of aromatic nitrogens is 1. The van der Waals surface area contributed by atoms with Gasteiger partial charge in [-0.1, -0.05) is 6.07 Å². The van der Waals surface area contributed by atoms with Crippen molar-refractivity contribution >= 4 is 11.8 Å². The molecule has 76 valence electrons. The summed E-state index contributed by atoms with van der Waals surface area (Å²) in [6, 6.07) is 2.81. The maximum Gasteiger partial charge on any atom is 0.335 e. The fraction of sp³-hybridized carbons (Fsp3) is 0.250. The molecule has 0 bridgehead atoms. The van der Waals surface area contributed by atoms with E-state index in [0.29, 0.717) is 0 Å². The topological polar surface area (TPSA) is 117 Å². The van der Waals surface area contributed by atoms with Crippen LogP contribution in [-0.2, 0) is 4.79 Å². The second-order valence-electron chi connectivity index (χ2n) is 2.74. The summed E-state index contributed by atoms with van der Waals surface area (Å²) in [6.07, 6.45) is -2.15. The van der Waals surface area contributed by atoms with Crippen molar-refractivity contribution in [1.29, 1.82) is 0 Å². The Hall–Kier alpha value is -1.66. The molecule has 0 saturated carbocycles. The predicted molar refractivity (Wildman–Crippen MR) is 47.3 cm³/mol. The molecule has 0 aromatic carbocycles. The van der Waals surface area contributed by atoms with E-state index in [-0.39, 0.29) is 11.4 Å². The lowest BCUT2D eigenvalue weighted by Gasteiger charge is -2.13. The molecule has 6 nitrogen and oxygen atoms in total. The largest absolute Gasteiger partial charge is 0.479 e. The van der Waals surface area contributed by atoms with Crippen molar-refractivity contribution < 1.29 is 20.1 Å². The van der Waals surface area contributed by atoms with Gasteiger partial charge in [-0.3, -0.25) is 0 Å². The molecule has 14 heavy (non-hydrogen) atoms. The molecule has 1 aromatic rings. The first-order chi connectivity index (χ1) is 6.52. The highest BCUT2D eigenvalue weighted by Gasteiger charge is 2.25. The molecule has 0 fully saturated rings. The van der Waals surface area contributed by atoms with E-state index < -0.39 is 18.2 Å². The van der Waals surface area contributed by atoms with Crippen LogP contribution >= 0.6 is 0 Å². The molecule has 0 amide bonds. The normalized spacial score (nSPS) is 14.7. The molecule has 0 saturated heterocycles. The van der Waals surface area contributed by atoms with Crippen molar-refractivity contribution in [3.63, 3.8) is 0 Å². The van der Waals surface area contributed by atoms with Crippen LogP contribution in [0.4, 0.5) is 5.82 Å². The summed E-state index contributed by atoms with van der Waals surface area (Å²) >= 11 is 0. The second kappa shape index (κ2) is 4.03. The maximum absolute atomic E-state index is 10.3. The number of aliphatic hydroxyl groups excluding tert-OH is 2. The zero-order valence-corrected chi connectivity index (χ0v) is 7.16. The van der Waals surface area contributed by atoms with E-state index in [0.717, 1.165) is 0 Å². The predicted octanol–water partition coefficient (Wildman–Crippen LogP) is -0.857. The standard InChI is InChI=1S/C8H10N2O4/c9-5-2-1-4(3-10-5)6(11)7(12)8(13)14/h1-3,6-7,11-12H,(H2,9,10)(H,13,14). The number of pyridine rings is 1. The number of hydrogen-bond donors (Lipinski definition) is 4. The Balaban J connectivity index is 2.84. The van der Waals surface area contributed by atoms with Gasteiger partial charge >= 0.3 is 5.97 Å². The third-order valence-corrected chi connectivity index (χ3v) is 1.70. The van der Waals surface area contributed by atoms with Crippen molar-refractivity contribution in [2.24, 2.45) is 0 Å². The minimum absolute atomic E-state index is 0.203. The van der Waals surface area contributed by atoms with E-state index in [1.165, 1.54) is 18.3 Å². The fourth-order valence-corrected chi connectivity index (χ4v) is 0.909. The van der Waals surface area contributed by atoms with Crippen LogP contribution in [0.15, 0.2) is 18.3 Å². The van der Waals surface area contributed by atoms with Gasteiger partial charge in [0.15, 0.2) is 6.10 Å². The summed E-state index contributed by atoms with van der Waals surface area (Å²) in [5.41, 5.74) is 5.49. The van der Waals surface area contributed by atoms with Gasteiger partial charge in [0.25, 0.3) is 0 Å². The van der Waals surface area contributed by atoms with Crippen LogP contribution in [0.5, 0.6) is 0 Å². The highest BCUT2D eigenvalue weighted by atomic mass is 16.4. The highest BCUT2D eigenvalue weighted by Crippen LogP contribution is 2.16. The van der Waals surface area contributed by atoms with Crippen LogP contribution in [0.25, 0.3) is 0 Å². The van der Waals surface area contributed by atoms with E-state index in [1.54, 1.807) is 0 Å². The average Bonchev–Trinajstić information content (AvgIpc) is 2.16. The van der Waals surface area contributed by atoms with E-state index in [4.69, 9.17) is 15.9 Å². The van der Waals surface area contributed by atoms with Gasteiger partial charge in [-0.05, 0) is 6.07 Å². The van der Waals surface area contributed by atoms with Crippen molar-refractivity contribution in [3.05, 3.63) is 23.9 Å². The molecule has 0 aliphatic heterocycles. The number of rotatable bonds is 3. The maximum atomic E-state index is 10.3. The summed E-state index contributed by atoms with van der Waals surface area (Å²) < 4.78 is 0. The number of carbonyl (C=O) groups is 1. The van der Waals surface area contributed by atoms with Gasteiger partial charge in [-0.2, -0.15) is 0 Å². The van der Waals surface area contributed by atoms with Gasteiger partial charge in [-0.25, -0.2) is 9.78 Å². The van der Waals surface area contributed by atoms with Gasteiger partial charge < -0.3 is 21.1 Å². The molecule has 0 aliphatic carbocycles. The lowest BCUT2D eigenvalue weighted by Crippen LogP contribution is -2.27. The van der Waals surface area contributed by atoms with E-state index in [9.17, 15) is 9.90 Å². The molecule has 1 aromatic heterocycles. The molecule has 1 heterocycles. The number of nitrogens with two attached hydrogens (primary N) is 1. The average molecular weight is 198 g/mol. The number of nitrogens with zero attached hydrogens (tertiary/aromatic N) is 1. The quantitative estimate of drug-likeness (QED) is 0.502. The molecule has 1 rings (SSSR count). The number of carboxylic acids is 1. The van der Waals surface area contributed by atoms with Crippen LogP contribution in [0, 0.1) is 0 Å². The van der Waals surface area contributed by atoms with Crippen LogP contribution in [0.3, 0.4) is 0 Å². The van der Waals surface area contributed by atoms with Crippen molar-refractivity contribution in [1.82, 2.24) is 4.98 Å². The van der Waals surface area contributed by atoms with Gasteiger partial charge in [0.1, 0.15) is 11.9 Å². The summed E-state index contributed by atoms with van der Waals surface area (Å²) in [5, 5.41) is 26.8. The van der Waals surface area contributed by atoms with Gasteiger partial charge in [-0.15, -0.1) is 0 Å².